The molecule has 0 bridgehead atoms. The molecule has 38 heavy (non-hydrogen) atoms. The molecule has 2 N–H and O–H groups in total. The van der Waals surface area contributed by atoms with Crippen LogP contribution in [0.1, 0.15) is 39.9 Å². The molecule has 5 rings (SSSR count). The molecule has 4 heterocycles. The van der Waals surface area contributed by atoms with Gasteiger partial charge in [-0.25, -0.2) is 9.97 Å². The van der Waals surface area contributed by atoms with E-state index in [9.17, 15) is 9.90 Å². The molecule has 200 valence electrons. The number of carbonyl (C=O) groups excluding carboxylic acids is 1. The smallest absolute Gasteiger partial charge is 0.254 e. The second kappa shape index (κ2) is 11.3. The minimum absolute atomic E-state index is 0.0274. The van der Waals surface area contributed by atoms with E-state index in [2.05, 4.69) is 50.0 Å². The number of nitrogens with zero attached hydrogens (tertiary/aromatic N) is 6. The number of aliphatic hydroxyl groups excluding tert-OH is 1. The van der Waals surface area contributed by atoms with Gasteiger partial charge in [-0.2, -0.15) is 0 Å². The van der Waals surface area contributed by atoms with Crippen LogP contribution < -0.4 is 15.1 Å². The second-order valence-electron chi connectivity index (χ2n) is 10.3. The Hall–Kier alpha value is -3.72. The zero-order valence-electron chi connectivity index (χ0n) is 22.5. The Bertz CT molecular complexity index is 1250. The molecule has 2 aromatic heterocycles. The number of amides is 1. The van der Waals surface area contributed by atoms with Crippen molar-refractivity contribution >= 4 is 23.2 Å². The Labute approximate surface area is 224 Å². The zero-order chi connectivity index (χ0) is 26.6. The molecule has 2 aliphatic heterocycles. The largest absolute Gasteiger partial charge is 0.394 e. The fourth-order valence-corrected chi connectivity index (χ4v) is 5.83. The van der Waals surface area contributed by atoms with Crippen LogP contribution in [0.5, 0.6) is 0 Å². The minimum atomic E-state index is -0.189. The molecule has 1 amide bonds. The van der Waals surface area contributed by atoms with E-state index in [0.717, 1.165) is 65.5 Å². The Morgan fingerprint density at radius 1 is 1.00 bits per heavy atom. The molecular weight excluding hydrogens is 478 g/mol. The van der Waals surface area contributed by atoms with Gasteiger partial charge in [-0.05, 0) is 62.4 Å². The molecule has 0 unspecified atom stereocenters. The van der Waals surface area contributed by atoms with E-state index in [4.69, 9.17) is 0 Å². The molecule has 1 atom stereocenters. The van der Waals surface area contributed by atoms with Crippen LogP contribution in [-0.2, 0) is 0 Å². The number of carbonyl (C=O) groups is 1. The third-order valence-electron chi connectivity index (χ3n) is 7.83. The summed E-state index contributed by atoms with van der Waals surface area (Å²) < 4.78 is 0. The van der Waals surface area contributed by atoms with E-state index >= 15 is 0 Å². The average molecular weight is 516 g/mol. The molecule has 9 nitrogen and oxygen atoms in total. The highest BCUT2D eigenvalue weighted by Crippen LogP contribution is 2.31. The summed E-state index contributed by atoms with van der Waals surface area (Å²) in [6.07, 6.45) is 8.98. The standard InChI is InChI=1S/C29H37N7O2/c1-20-16-21(2)28(33-23-7-12-34(13-8-23)26-17-30-10-11-32-26)22(3)27(20)29(38)35-14-15-36(24(18-35)19-37)25-6-4-5-9-31-25/h4-6,9-11,16-17,23-24,33,37H,7-8,12-15,18-19H2,1-3H3/t24-/m0/s1. The van der Waals surface area contributed by atoms with E-state index in [0.29, 0.717) is 25.7 Å². The molecule has 2 aliphatic rings. The van der Waals surface area contributed by atoms with Crippen molar-refractivity contribution in [3.8, 4) is 0 Å². The molecular formula is C29H37N7O2. The second-order valence-corrected chi connectivity index (χ2v) is 10.3. The van der Waals surface area contributed by atoms with Crippen molar-refractivity contribution in [2.75, 3.05) is 54.4 Å². The molecule has 0 saturated carbocycles. The maximum Gasteiger partial charge on any atom is 0.254 e. The van der Waals surface area contributed by atoms with Gasteiger partial charge < -0.3 is 25.1 Å². The number of rotatable bonds is 6. The van der Waals surface area contributed by atoms with Crippen LogP contribution in [0.25, 0.3) is 0 Å². The first kappa shape index (κ1) is 25.9. The summed E-state index contributed by atoms with van der Waals surface area (Å²) in [5.74, 6) is 1.78. The van der Waals surface area contributed by atoms with Gasteiger partial charge in [0.05, 0.1) is 18.8 Å². The van der Waals surface area contributed by atoms with Gasteiger partial charge in [0, 0.05) is 68.6 Å². The monoisotopic (exact) mass is 515 g/mol. The van der Waals surface area contributed by atoms with Crippen molar-refractivity contribution in [1.82, 2.24) is 19.9 Å². The fraction of sp³-hybridized carbons (Fsp3) is 0.448. The quantitative estimate of drug-likeness (QED) is 0.517. The van der Waals surface area contributed by atoms with Crippen LogP contribution in [0, 0.1) is 20.8 Å². The molecule has 0 aliphatic carbocycles. The highest BCUT2D eigenvalue weighted by molar-refractivity contribution is 5.99. The number of benzene rings is 1. The molecule has 9 heteroatoms. The Morgan fingerprint density at radius 2 is 1.79 bits per heavy atom. The topological polar surface area (TPSA) is 97.7 Å². The molecule has 0 spiro atoms. The lowest BCUT2D eigenvalue weighted by molar-refractivity contribution is 0.0697. The van der Waals surface area contributed by atoms with Gasteiger partial charge in [-0.3, -0.25) is 9.78 Å². The third kappa shape index (κ3) is 5.29. The summed E-state index contributed by atoms with van der Waals surface area (Å²) in [6.45, 7) is 9.65. The SMILES string of the molecule is Cc1cc(C)c(C(=O)N2CCN(c3ccccn3)[C@H](CO)C2)c(C)c1NC1CCN(c2cnccn2)CC1. The van der Waals surface area contributed by atoms with Crippen molar-refractivity contribution in [2.24, 2.45) is 0 Å². The van der Waals surface area contributed by atoms with Crippen LogP contribution in [0.2, 0.25) is 0 Å². The van der Waals surface area contributed by atoms with Crippen molar-refractivity contribution in [1.29, 1.82) is 0 Å². The number of hydrogen-bond acceptors (Lipinski definition) is 8. The van der Waals surface area contributed by atoms with E-state index in [-0.39, 0.29) is 18.6 Å². The summed E-state index contributed by atoms with van der Waals surface area (Å²) in [4.78, 5) is 33.2. The number of anilines is 3. The lowest BCUT2D eigenvalue weighted by Gasteiger charge is -2.41. The maximum atomic E-state index is 13.9. The number of nitrogens with one attached hydrogen (secondary N) is 1. The van der Waals surface area contributed by atoms with Gasteiger partial charge in [0.25, 0.3) is 5.91 Å². The van der Waals surface area contributed by atoms with Crippen LogP contribution >= 0.6 is 0 Å². The molecule has 2 saturated heterocycles. The maximum absolute atomic E-state index is 13.9. The van der Waals surface area contributed by atoms with Gasteiger partial charge in [0.1, 0.15) is 11.6 Å². The average Bonchev–Trinajstić information content (AvgIpc) is 2.96. The first-order valence-electron chi connectivity index (χ1n) is 13.4. The van der Waals surface area contributed by atoms with E-state index in [1.165, 1.54) is 0 Å². The first-order valence-corrected chi connectivity index (χ1v) is 13.4. The molecule has 1 aromatic carbocycles. The minimum Gasteiger partial charge on any atom is -0.394 e. The Kier molecular flexibility index (Phi) is 7.74. The number of hydrogen-bond donors (Lipinski definition) is 2. The molecule has 2 fully saturated rings. The van der Waals surface area contributed by atoms with Crippen LogP contribution in [-0.4, -0.2) is 82.3 Å². The zero-order valence-corrected chi connectivity index (χ0v) is 22.5. The van der Waals surface area contributed by atoms with Gasteiger partial charge in [0.15, 0.2) is 0 Å². The number of piperidine rings is 1. The van der Waals surface area contributed by atoms with Gasteiger partial charge in [-0.1, -0.05) is 12.1 Å². The summed E-state index contributed by atoms with van der Waals surface area (Å²) in [6, 6.07) is 8.03. The fourth-order valence-electron chi connectivity index (χ4n) is 5.83. The predicted octanol–water partition coefficient (Wildman–Crippen LogP) is 3.20. The lowest BCUT2D eigenvalue weighted by atomic mass is 9.94. The predicted molar refractivity (Wildman–Crippen MR) is 150 cm³/mol. The number of piperazine rings is 1. The van der Waals surface area contributed by atoms with Crippen molar-refractivity contribution in [2.45, 2.75) is 45.7 Å². The highest BCUT2D eigenvalue weighted by Gasteiger charge is 2.32. The van der Waals surface area contributed by atoms with Gasteiger partial charge in [-0.15, -0.1) is 0 Å². The Balaban J connectivity index is 1.30. The van der Waals surface area contributed by atoms with Crippen molar-refractivity contribution < 1.29 is 9.90 Å². The number of aliphatic hydroxyl groups is 1. The number of pyridine rings is 1. The molecule has 0 radical (unpaired) electrons. The van der Waals surface area contributed by atoms with Crippen LogP contribution in [0.3, 0.4) is 0 Å². The van der Waals surface area contributed by atoms with E-state index in [1.54, 1.807) is 18.6 Å². The summed E-state index contributed by atoms with van der Waals surface area (Å²) in [5, 5.41) is 13.9. The number of aryl methyl sites for hydroxylation is 2. The Morgan fingerprint density at radius 3 is 2.47 bits per heavy atom. The first-order chi connectivity index (χ1) is 18.5. The molecule has 3 aromatic rings. The van der Waals surface area contributed by atoms with Crippen LogP contribution in [0.4, 0.5) is 17.3 Å². The van der Waals surface area contributed by atoms with E-state index in [1.807, 2.05) is 36.2 Å². The normalized spacial score (nSPS) is 18.5. The lowest BCUT2D eigenvalue weighted by Crippen LogP contribution is -2.56. The van der Waals surface area contributed by atoms with Crippen molar-refractivity contribution in [3.63, 3.8) is 0 Å². The number of aromatic nitrogens is 3. The van der Waals surface area contributed by atoms with E-state index < -0.39 is 0 Å². The summed E-state index contributed by atoms with van der Waals surface area (Å²) in [7, 11) is 0. The van der Waals surface area contributed by atoms with Gasteiger partial charge in [0.2, 0.25) is 0 Å². The van der Waals surface area contributed by atoms with Crippen molar-refractivity contribution in [3.05, 3.63) is 71.3 Å². The summed E-state index contributed by atoms with van der Waals surface area (Å²) in [5.41, 5.74) is 4.96. The van der Waals surface area contributed by atoms with Crippen LogP contribution in [0.15, 0.2) is 49.1 Å². The van der Waals surface area contributed by atoms with Gasteiger partial charge >= 0.3 is 0 Å². The highest BCUT2D eigenvalue weighted by atomic mass is 16.3. The summed E-state index contributed by atoms with van der Waals surface area (Å²) >= 11 is 0. The third-order valence-corrected chi connectivity index (χ3v) is 7.83.